The van der Waals surface area contributed by atoms with Crippen LogP contribution in [0, 0.1) is 0 Å². The van der Waals surface area contributed by atoms with Crippen molar-refractivity contribution in [1.82, 2.24) is 4.90 Å². The van der Waals surface area contributed by atoms with Gasteiger partial charge in [-0.25, -0.2) is 4.79 Å². The first-order chi connectivity index (χ1) is 9.58. The number of hydrogen-bond acceptors (Lipinski definition) is 3. The fourth-order valence-electron chi connectivity index (χ4n) is 1.86. The molecule has 1 saturated heterocycles. The zero-order valence-corrected chi connectivity index (χ0v) is 12.2. The molecule has 2 rings (SSSR count). The van der Waals surface area contributed by atoms with Gasteiger partial charge in [-0.05, 0) is 18.6 Å². The maximum Gasteiger partial charge on any atom is 0.409 e. The number of para-hydroxylation sites is 1. The first-order valence-corrected chi connectivity index (χ1v) is 6.99. The Labute approximate surface area is 126 Å². The molecular weight excluding hydrogens is 303 g/mol. The summed E-state index contributed by atoms with van der Waals surface area (Å²) in [7, 11) is 0. The Balaban J connectivity index is 1.88. The molecule has 0 aliphatic carbocycles. The number of nitrogens with zero attached hydrogens (tertiary/aromatic N) is 1. The summed E-state index contributed by atoms with van der Waals surface area (Å²) in [4.78, 5) is 24.8. The Morgan fingerprint density at radius 2 is 2.05 bits per heavy atom. The van der Waals surface area contributed by atoms with Crippen LogP contribution in [0.5, 0.6) is 0 Å². The Morgan fingerprint density at radius 3 is 2.70 bits per heavy atom. The predicted molar refractivity (Wildman–Crippen MR) is 77.2 cm³/mol. The summed E-state index contributed by atoms with van der Waals surface area (Å²) in [6.07, 6.45) is 0.570. The molecule has 108 valence electrons. The Morgan fingerprint density at radius 1 is 1.35 bits per heavy atom. The minimum absolute atomic E-state index is 0.163. The van der Waals surface area contributed by atoms with Gasteiger partial charge in [-0.3, -0.25) is 4.79 Å². The second-order valence-electron chi connectivity index (χ2n) is 4.35. The second-order valence-corrected chi connectivity index (χ2v) is 5.16. The van der Waals surface area contributed by atoms with E-state index in [4.69, 9.17) is 27.9 Å². The largest absolute Gasteiger partial charge is 0.449 e. The van der Waals surface area contributed by atoms with Crippen molar-refractivity contribution < 1.29 is 14.3 Å². The average molecular weight is 317 g/mol. The third-order valence-electron chi connectivity index (χ3n) is 2.89. The standard InChI is InChI=1S/C13H14Cl2N2O3/c14-9-3-1-4-10(15)12(9)16-11(18)5-7-17-6-2-8-20-13(17)19/h1,3-4H,2,5-8H2,(H,16,18). The SMILES string of the molecule is O=C(CCN1CCCOC1=O)Nc1c(Cl)cccc1Cl. The lowest BCUT2D eigenvalue weighted by Gasteiger charge is -2.25. The number of benzene rings is 1. The van der Waals surface area contributed by atoms with Crippen LogP contribution in [0.1, 0.15) is 12.8 Å². The molecule has 1 aromatic rings. The van der Waals surface area contributed by atoms with Crippen LogP contribution in [-0.2, 0) is 9.53 Å². The van der Waals surface area contributed by atoms with Crippen molar-refractivity contribution in [3.8, 4) is 0 Å². The summed E-state index contributed by atoms with van der Waals surface area (Å²) in [5.74, 6) is -0.252. The molecule has 20 heavy (non-hydrogen) atoms. The van der Waals surface area contributed by atoms with E-state index < -0.39 is 0 Å². The number of anilines is 1. The molecule has 0 saturated carbocycles. The highest BCUT2D eigenvalue weighted by atomic mass is 35.5. The fraction of sp³-hybridized carbons (Fsp3) is 0.385. The van der Waals surface area contributed by atoms with Crippen LogP contribution >= 0.6 is 23.2 Å². The number of carbonyl (C=O) groups is 2. The van der Waals surface area contributed by atoms with E-state index in [2.05, 4.69) is 5.32 Å². The first kappa shape index (κ1) is 14.9. The van der Waals surface area contributed by atoms with Gasteiger partial charge >= 0.3 is 6.09 Å². The Kier molecular flexibility index (Phi) is 5.09. The summed E-state index contributed by atoms with van der Waals surface area (Å²) >= 11 is 11.9. The lowest BCUT2D eigenvalue weighted by Crippen LogP contribution is -2.39. The van der Waals surface area contributed by atoms with Crippen molar-refractivity contribution in [3.05, 3.63) is 28.2 Å². The topological polar surface area (TPSA) is 58.6 Å². The maximum absolute atomic E-state index is 11.9. The van der Waals surface area contributed by atoms with Crippen molar-refractivity contribution in [2.75, 3.05) is 25.0 Å². The molecule has 0 radical (unpaired) electrons. The predicted octanol–water partition coefficient (Wildman–Crippen LogP) is 3.16. The number of ether oxygens (including phenoxy) is 1. The van der Waals surface area contributed by atoms with Gasteiger partial charge in [0.15, 0.2) is 0 Å². The first-order valence-electron chi connectivity index (χ1n) is 6.23. The minimum Gasteiger partial charge on any atom is -0.449 e. The average Bonchev–Trinajstić information content (AvgIpc) is 2.42. The van der Waals surface area contributed by atoms with Crippen molar-refractivity contribution in [1.29, 1.82) is 0 Å². The number of hydrogen-bond donors (Lipinski definition) is 1. The summed E-state index contributed by atoms with van der Waals surface area (Å²) < 4.78 is 4.89. The molecule has 1 aliphatic heterocycles. The molecule has 1 N–H and O–H groups in total. The molecule has 1 heterocycles. The number of carbonyl (C=O) groups excluding carboxylic acids is 2. The molecular formula is C13H14Cl2N2O3. The van der Waals surface area contributed by atoms with Gasteiger partial charge in [0.1, 0.15) is 0 Å². The van der Waals surface area contributed by atoms with E-state index in [-0.39, 0.29) is 18.4 Å². The van der Waals surface area contributed by atoms with Crippen LogP contribution in [0.15, 0.2) is 18.2 Å². The third kappa shape index (κ3) is 3.77. The lowest BCUT2D eigenvalue weighted by molar-refractivity contribution is -0.116. The number of nitrogens with one attached hydrogen (secondary N) is 1. The monoisotopic (exact) mass is 316 g/mol. The lowest BCUT2D eigenvalue weighted by atomic mass is 10.3. The fourth-order valence-corrected chi connectivity index (χ4v) is 2.35. The highest BCUT2D eigenvalue weighted by Crippen LogP contribution is 2.29. The third-order valence-corrected chi connectivity index (χ3v) is 3.52. The Hall–Kier alpha value is -1.46. The highest BCUT2D eigenvalue weighted by Gasteiger charge is 2.20. The van der Waals surface area contributed by atoms with Crippen molar-refractivity contribution in [3.63, 3.8) is 0 Å². The smallest absolute Gasteiger partial charge is 0.409 e. The van der Waals surface area contributed by atoms with E-state index in [9.17, 15) is 9.59 Å². The van der Waals surface area contributed by atoms with Gasteiger partial charge in [0.05, 0.1) is 22.3 Å². The van der Waals surface area contributed by atoms with Crippen molar-refractivity contribution >= 4 is 40.9 Å². The highest BCUT2D eigenvalue weighted by molar-refractivity contribution is 6.39. The van der Waals surface area contributed by atoms with Gasteiger partial charge in [-0.1, -0.05) is 29.3 Å². The zero-order chi connectivity index (χ0) is 14.5. The van der Waals surface area contributed by atoms with E-state index >= 15 is 0 Å². The molecule has 5 nitrogen and oxygen atoms in total. The molecule has 1 aliphatic rings. The Bertz CT molecular complexity index is 502. The summed E-state index contributed by atoms with van der Waals surface area (Å²) in [5, 5.41) is 3.41. The van der Waals surface area contributed by atoms with E-state index in [1.165, 1.54) is 4.90 Å². The van der Waals surface area contributed by atoms with Crippen LogP contribution < -0.4 is 5.32 Å². The quantitative estimate of drug-likeness (QED) is 0.928. The minimum atomic E-state index is -0.375. The molecule has 7 heteroatoms. The van der Waals surface area contributed by atoms with Crippen LogP contribution in [0.2, 0.25) is 10.0 Å². The molecule has 2 amide bonds. The number of cyclic esters (lactones) is 1. The molecule has 0 unspecified atom stereocenters. The molecule has 0 atom stereocenters. The van der Waals surface area contributed by atoms with Gasteiger partial charge in [0.25, 0.3) is 0 Å². The summed E-state index contributed by atoms with van der Waals surface area (Å²) in [6.45, 7) is 1.36. The molecule has 1 aromatic carbocycles. The summed E-state index contributed by atoms with van der Waals surface area (Å²) in [5.41, 5.74) is 0.391. The van der Waals surface area contributed by atoms with Gasteiger partial charge in [0.2, 0.25) is 5.91 Å². The summed E-state index contributed by atoms with van der Waals surface area (Å²) in [6, 6.07) is 4.99. The number of rotatable bonds is 4. The molecule has 0 aromatic heterocycles. The number of halogens is 2. The molecule has 0 spiro atoms. The molecule has 0 bridgehead atoms. The van der Waals surface area contributed by atoms with E-state index in [1.807, 2.05) is 0 Å². The molecule has 1 fully saturated rings. The van der Waals surface area contributed by atoms with Gasteiger partial charge in [0, 0.05) is 19.5 Å². The van der Waals surface area contributed by atoms with Crippen LogP contribution in [-0.4, -0.2) is 36.6 Å². The van der Waals surface area contributed by atoms with E-state index in [0.29, 0.717) is 35.4 Å². The van der Waals surface area contributed by atoms with Crippen LogP contribution in [0.4, 0.5) is 10.5 Å². The van der Waals surface area contributed by atoms with Gasteiger partial charge < -0.3 is 15.0 Å². The maximum atomic E-state index is 11.9. The van der Waals surface area contributed by atoms with Crippen molar-refractivity contribution in [2.45, 2.75) is 12.8 Å². The van der Waals surface area contributed by atoms with Gasteiger partial charge in [-0.15, -0.1) is 0 Å². The number of amides is 2. The van der Waals surface area contributed by atoms with Crippen LogP contribution in [0.25, 0.3) is 0 Å². The van der Waals surface area contributed by atoms with Crippen LogP contribution in [0.3, 0.4) is 0 Å². The van der Waals surface area contributed by atoms with E-state index in [0.717, 1.165) is 6.42 Å². The van der Waals surface area contributed by atoms with Crippen molar-refractivity contribution in [2.24, 2.45) is 0 Å². The zero-order valence-electron chi connectivity index (χ0n) is 10.7. The second kappa shape index (κ2) is 6.81. The van der Waals surface area contributed by atoms with Gasteiger partial charge in [-0.2, -0.15) is 0 Å². The van der Waals surface area contributed by atoms with E-state index in [1.54, 1.807) is 18.2 Å². The normalized spacial score (nSPS) is 14.9.